The van der Waals surface area contributed by atoms with Gasteiger partial charge >= 0.3 is 0 Å². The lowest BCUT2D eigenvalue weighted by atomic mass is 10.0. The third kappa shape index (κ3) is 2.63. The maximum atomic E-state index is 10.5. The van der Waals surface area contributed by atoms with Crippen LogP contribution in [0.4, 0.5) is 0 Å². The Kier molecular flexibility index (Phi) is 4.13. The third-order valence-corrected chi connectivity index (χ3v) is 5.65. The number of fused-ring (bicyclic) bond motifs is 1. The van der Waals surface area contributed by atoms with Crippen molar-refractivity contribution in [3.05, 3.63) is 68.5 Å². The summed E-state index contributed by atoms with van der Waals surface area (Å²) in [5.74, 6) is 0. The summed E-state index contributed by atoms with van der Waals surface area (Å²) in [4.78, 5) is 0. The molecule has 0 spiro atoms. The second kappa shape index (κ2) is 5.86. The molecule has 0 saturated carbocycles. The van der Waals surface area contributed by atoms with E-state index in [1.54, 1.807) is 11.3 Å². The lowest BCUT2D eigenvalue weighted by Gasteiger charge is -2.11. The van der Waals surface area contributed by atoms with Crippen LogP contribution in [0.1, 0.15) is 17.2 Å². The minimum Gasteiger partial charge on any atom is -0.388 e. The predicted octanol–water partition coefficient (Wildman–Crippen LogP) is 5.59. The van der Waals surface area contributed by atoms with E-state index in [-0.39, 0.29) is 0 Å². The third-order valence-electron chi connectivity index (χ3n) is 3.31. The molecule has 1 atom stereocenters. The standard InChI is InChI=1S/C16H12BrClOS/c17-13-6-3-5-11-12(9-20-16(11)13)15(19)8-10-4-1-2-7-14(10)18/h1-7,9,15,19H,8H2. The van der Waals surface area contributed by atoms with Gasteiger partial charge in [0.2, 0.25) is 0 Å². The molecule has 1 nitrogen and oxygen atoms in total. The fourth-order valence-electron chi connectivity index (χ4n) is 2.28. The molecule has 102 valence electrons. The van der Waals surface area contributed by atoms with Gasteiger partial charge in [-0.1, -0.05) is 41.9 Å². The van der Waals surface area contributed by atoms with Crippen LogP contribution in [-0.4, -0.2) is 5.11 Å². The lowest BCUT2D eigenvalue weighted by molar-refractivity contribution is 0.180. The molecule has 0 aliphatic rings. The van der Waals surface area contributed by atoms with Gasteiger partial charge in [0.25, 0.3) is 0 Å². The minimum absolute atomic E-state index is 0.526. The minimum atomic E-state index is -0.544. The molecule has 2 aromatic carbocycles. The van der Waals surface area contributed by atoms with E-state index in [0.717, 1.165) is 21.0 Å². The van der Waals surface area contributed by atoms with Crippen molar-refractivity contribution in [2.45, 2.75) is 12.5 Å². The van der Waals surface area contributed by atoms with Gasteiger partial charge < -0.3 is 5.11 Å². The number of thiophene rings is 1. The molecule has 3 aromatic rings. The number of halogens is 2. The number of aliphatic hydroxyl groups excluding tert-OH is 1. The van der Waals surface area contributed by atoms with E-state index in [2.05, 4.69) is 15.9 Å². The molecule has 0 amide bonds. The molecule has 20 heavy (non-hydrogen) atoms. The van der Waals surface area contributed by atoms with Crippen LogP contribution in [0.5, 0.6) is 0 Å². The van der Waals surface area contributed by atoms with Gasteiger partial charge in [-0.15, -0.1) is 11.3 Å². The molecular weight excluding hydrogens is 356 g/mol. The first-order valence-electron chi connectivity index (χ1n) is 6.24. The number of hydrogen-bond donors (Lipinski definition) is 1. The van der Waals surface area contributed by atoms with E-state index in [1.807, 2.05) is 47.8 Å². The summed E-state index contributed by atoms with van der Waals surface area (Å²) in [5, 5.41) is 14.3. The maximum Gasteiger partial charge on any atom is 0.0844 e. The second-order valence-corrected chi connectivity index (χ2v) is 6.76. The number of benzene rings is 2. The van der Waals surface area contributed by atoms with Crippen molar-refractivity contribution >= 4 is 49.0 Å². The molecule has 0 saturated heterocycles. The normalized spacial score (nSPS) is 12.8. The lowest BCUT2D eigenvalue weighted by Crippen LogP contribution is -2.01. The predicted molar refractivity (Wildman–Crippen MR) is 89.6 cm³/mol. The Labute approximate surface area is 135 Å². The van der Waals surface area contributed by atoms with E-state index in [4.69, 9.17) is 11.6 Å². The van der Waals surface area contributed by atoms with Crippen LogP contribution in [0.25, 0.3) is 10.1 Å². The van der Waals surface area contributed by atoms with Crippen molar-refractivity contribution in [3.63, 3.8) is 0 Å². The highest BCUT2D eigenvalue weighted by Crippen LogP contribution is 2.36. The zero-order valence-corrected chi connectivity index (χ0v) is 13.7. The number of hydrogen-bond acceptors (Lipinski definition) is 2. The quantitative estimate of drug-likeness (QED) is 0.639. The number of aliphatic hydroxyl groups is 1. The van der Waals surface area contributed by atoms with Crippen LogP contribution in [-0.2, 0) is 6.42 Å². The van der Waals surface area contributed by atoms with Gasteiger partial charge in [-0.25, -0.2) is 0 Å². The van der Waals surface area contributed by atoms with Gasteiger partial charge in [-0.05, 0) is 50.0 Å². The van der Waals surface area contributed by atoms with E-state index < -0.39 is 6.10 Å². The Balaban J connectivity index is 1.95. The molecule has 4 heteroatoms. The first-order valence-corrected chi connectivity index (χ1v) is 8.29. The highest BCUT2D eigenvalue weighted by Gasteiger charge is 2.16. The van der Waals surface area contributed by atoms with E-state index >= 15 is 0 Å². The van der Waals surface area contributed by atoms with Crippen molar-refractivity contribution in [3.8, 4) is 0 Å². The summed E-state index contributed by atoms with van der Waals surface area (Å²) < 4.78 is 2.23. The topological polar surface area (TPSA) is 20.2 Å². The van der Waals surface area contributed by atoms with Crippen LogP contribution in [0.2, 0.25) is 5.02 Å². The summed E-state index contributed by atoms with van der Waals surface area (Å²) in [6.07, 6.45) is -0.0178. The zero-order valence-electron chi connectivity index (χ0n) is 10.5. The van der Waals surface area contributed by atoms with E-state index in [9.17, 15) is 5.11 Å². The Bertz CT molecular complexity index is 753. The molecule has 0 aliphatic heterocycles. The molecule has 1 unspecified atom stereocenters. The first kappa shape index (κ1) is 14.1. The second-order valence-electron chi connectivity index (χ2n) is 4.62. The molecule has 0 bridgehead atoms. The Morgan fingerprint density at radius 1 is 1.15 bits per heavy atom. The van der Waals surface area contributed by atoms with Gasteiger partial charge in [0, 0.05) is 20.6 Å². The molecule has 0 fully saturated rings. The smallest absolute Gasteiger partial charge is 0.0844 e. The fraction of sp³-hybridized carbons (Fsp3) is 0.125. The molecule has 1 N–H and O–H groups in total. The molecule has 0 radical (unpaired) electrons. The molecule has 0 aliphatic carbocycles. The highest BCUT2D eigenvalue weighted by atomic mass is 79.9. The van der Waals surface area contributed by atoms with E-state index in [0.29, 0.717) is 11.4 Å². The van der Waals surface area contributed by atoms with Crippen molar-refractivity contribution in [1.82, 2.24) is 0 Å². The van der Waals surface area contributed by atoms with Gasteiger partial charge in [0.15, 0.2) is 0 Å². The average Bonchev–Trinajstić information content (AvgIpc) is 2.87. The first-order chi connectivity index (χ1) is 9.66. The van der Waals surface area contributed by atoms with Crippen LogP contribution < -0.4 is 0 Å². The Morgan fingerprint density at radius 2 is 1.95 bits per heavy atom. The summed E-state index contributed by atoms with van der Waals surface area (Å²) >= 11 is 11.3. The fourth-order valence-corrected chi connectivity index (χ4v) is 4.16. The summed E-state index contributed by atoms with van der Waals surface area (Å²) in [5.41, 5.74) is 1.93. The van der Waals surface area contributed by atoms with Crippen LogP contribution in [0.15, 0.2) is 52.3 Å². The monoisotopic (exact) mass is 366 g/mol. The van der Waals surface area contributed by atoms with Crippen molar-refractivity contribution < 1.29 is 5.11 Å². The SMILES string of the molecule is OC(Cc1ccccc1Cl)c1csc2c(Br)cccc12. The largest absolute Gasteiger partial charge is 0.388 e. The van der Waals surface area contributed by atoms with Gasteiger partial charge in [0.1, 0.15) is 0 Å². The summed E-state index contributed by atoms with van der Waals surface area (Å²) in [7, 11) is 0. The van der Waals surface area contributed by atoms with Gasteiger partial charge in [-0.2, -0.15) is 0 Å². The maximum absolute atomic E-state index is 10.5. The molecular formula is C16H12BrClOS. The highest BCUT2D eigenvalue weighted by molar-refractivity contribution is 9.10. The van der Waals surface area contributed by atoms with Crippen LogP contribution >= 0.6 is 38.9 Å². The van der Waals surface area contributed by atoms with Gasteiger partial charge in [-0.3, -0.25) is 0 Å². The van der Waals surface area contributed by atoms with Crippen LogP contribution in [0.3, 0.4) is 0 Å². The Morgan fingerprint density at radius 3 is 2.75 bits per heavy atom. The Hall–Kier alpha value is -0.870. The summed E-state index contributed by atoms with van der Waals surface area (Å²) in [6, 6.07) is 13.7. The number of rotatable bonds is 3. The molecule has 3 rings (SSSR count). The van der Waals surface area contributed by atoms with Crippen molar-refractivity contribution in [2.24, 2.45) is 0 Å². The molecule has 1 heterocycles. The summed E-state index contributed by atoms with van der Waals surface area (Å²) in [6.45, 7) is 0. The molecule has 1 aromatic heterocycles. The van der Waals surface area contributed by atoms with Crippen LogP contribution in [0, 0.1) is 0 Å². The zero-order chi connectivity index (χ0) is 14.1. The van der Waals surface area contributed by atoms with Crippen molar-refractivity contribution in [1.29, 1.82) is 0 Å². The van der Waals surface area contributed by atoms with E-state index in [1.165, 1.54) is 4.70 Å². The van der Waals surface area contributed by atoms with Crippen molar-refractivity contribution in [2.75, 3.05) is 0 Å². The van der Waals surface area contributed by atoms with Gasteiger partial charge in [0.05, 0.1) is 6.10 Å². The average molecular weight is 368 g/mol.